The van der Waals surface area contributed by atoms with Crippen LogP contribution in [0.15, 0.2) is 60.0 Å². The van der Waals surface area contributed by atoms with Crippen LogP contribution in [0, 0.1) is 0 Å². The highest BCUT2D eigenvalue weighted by Gasteiger charge is 2.19. The third-order valence-corrected chi connectivity index (χ3v) is 5.69. The van der Waals surface area contributed by atoms with E-state index in [9.17, 15) is 9.90 Å². The number of carbonyl (C=O) groups excluding carboxylic acids is 1. The number of esters is 1. The van der Waals surface area contributed by atoms with Crippen LogP contribution in [0.4, 0.5) is 5.13 Å². The minimum Gasteiger partial charge on any atom is -0.465 e. The molecule has 0 spiro atoms. The van der Waals surface area contributed by atoms with Crippen LogP contribution >= 0.6 is 11.3 Å². The lowest BCUT2D eigenvalue weighted by Crippen LogP contribution is -2.32. The zero-order valence-electron chi connectivity index (χ0n) is 17.2. The van der Waals surface area contributed by atoms with Gasteiger partial charge in [-0.1, -0.05) is 49.4 Å². The Labute approximate surface area is 180 Å². The number of rotatable bonds is 9. The van der Waals surface area contributed by atoms with Crippen LogP contribution in [0.2, 0.25) is 0 Å². The van der Waals surface area contributed by atoms with Crippen LogP contribution in [-0.2, 0) is 11.3 Å². The lowest BCUT2D eigenvalue weighted by atomic mass is 9.98. The molecule has 0 aliphatic rings. The van der Waals surface area contributed by atoms with Crippen LogP contribution in [0.5, 0.6) is 0 Å². The zero-order chi connectivity index (χ0) is 21.5. The summed E-state index contributed by atoms with van der Waals surface area (Å²) in [6.45, 7) is 4.03. The van der Waals surface area contributed by atoms with Crippen molar-refractivity contribution < 1.29 is 14.6 Å². The number of aliphatic hydroxyl groups is 1. The highest BCUT2D eigenvalue weighted by Crippen LogP contribution is 2.23. The third-order valence-electron chi connectivity index (χ3n) is 4.99. The van der Waals surface area contributed by atoms with E-state index in [1.54, 1.807) is 17.5 Å². The number of carbonyl (C=O) groups is 1. The molecule has 0 saturated carbocycles. The van der Waals surface area contributed by atoms with Crippen LogP contribution in [-0.4, -0.2) is 41.2 Å². The fourth-order valence-corrected chi connectivity index (χ4v) is 4.00. The first-order valence-electron chi connectivity index (χ1n) is 9.79. The molecule has 0 saturated heterocycles. The van der Waals surface area contributed by atoms with E-state index in [2.05, 4.69) is 28.9 Å². The van der Waals surface area contributed by atoms with Crippen molar-refractivity contribution in [1.29, 1.82) is 0 Å². The molecule has 158 valence electrons. The standard InChI is InChI=1S/C23H27N3O3S/c1-16(18-8-10-19(11-9-18)22(28)29-2)12-26(13-17-6-4-3-5-7-17)14-21(27)20-15-30-23(24)25-20/h3-11,15-16,21,27H,12-14H2,1-2H3,(H2,24,25). The Hall–Kier alpha value is -2.74. The SMILES string of the molecule is COC(=O)c1ccc(C(C)CN(Cc2ccccc2)CC(O)c2csc(N)n2)cc1. The molecule has 2 atom stereocenters. The predicted molar refractivity (Wildman–Crippen MR) is 119 cm³/mol. The summed E-state index contributed by atoms with van der Waals surface area (Å²) < 4.78 is 4.77. The largest absolute Gasteiger partial charge is 0.465 e. The fourth-order valence-electron chi connectivity index (χ4n) is 3.40. The van der Waals surface area contributed by atoms with Crippen LogP contribution in [0.25, 0.3) is 0 Å². The predicted octanol–water partition coefficient (Wildman–Crippen LogP) is 3.85. The summed E-state index contributed by atoms with van der Waals surface area (Å²) in [7, 11) is 1.38. The Morgan fingerprint density at radius 1 is 1.17 bits per heavy atom. The molecule has 0 amide bonds. The third kappa shape index (κ3) is 5.89. The number of nitrogens with two attached hydrogens (primary N) is 1. The van der Waals surface area contributed by atoms with Crippen molar-refractivity contribution in [2.45, 2.75) is 25.5 Å². The molecule has 1 heterocycles. The van der Waals surface area contributed by atoms with Gasteiger partial charge in [0.15, 0.2) is 5.13 Å². The summed E-state index contributed by atoms with van der Waals surface area (Å²) >= 11 is 1.33. The number of ether oxygens (including phenoxy) is 1. The molecular weight excluding hydrogens is 398 g/mol. The zero-order valence-corrected chi connectivity index (χ0v) is 18.0. The molecule has 0 bridgehead atoms. The van der Waals surface area contributed by atoms with Crippen LogP contribution < -0.4 is 5.73 Å². The van der Waals surface area contributed by atoms with E-state index in [1.807, 2.05) is 30.3 Å². The van der Waals surface area contributed by atoms with E-state index in [-0.39, 0.29) is 11.9 Å². The van der Waals surface area contributed by atoms with Gasteiger partial charge in [-0.15, -0.1) is 11.3 Å². The molecule has 6 nitrogen and oxygen atoms in total. The first-order chi connectivity index (χ1) is 14.5. The smallest absolute Gasteiger partial charge is 0.337 e. The lowest BCUT2D eigenvalue weighted by molar-refractivity contribution is 0.0600. The number of thiazole rings is 1. The molecule has 0 aliphatic carbocycles. The second kappa shape index (κ2) is 10.3. The number of hydrogen-bond acceptors (Lipinski definition) is 7. The van der Waals surface area contributed by atoms with E-state index in [4.69, 9.17) is 10.5 Å². The summed E-state index contributed by atoms with van der Waals surface area (Å²) in [5, 5.41) is 12.9. The number of aromatic nitrogens is 1. The van der Waals surface area contributed by atoms with Crippen molar-refractivity contribution in [3.63, 3.8) is 0 Å². The monoisotopic (exact) mass is 425 g/mol. The Kier molecular flexibility index (Phi) is 7.57. The van der Waals surface area contributed by atoms with Gasteiger partial charge in [0.05, 0.1) is 18.4 Å². The van der Waals surface area contributed by atoms with Crippen molar-refractivity contribution >= 4 is 22.4 Å². The van der Waals surface area contributed by atoms with E-state index >= 15 is 0 Å². The van der Waals surface area contributed by atoms with Crippen LogP contribution in [0.1, 0.15) is 46.1 Å². The molecule has 0 radical (unpaired) electrons. The highest BCUT2D eigenvalue weighted by molar-refractivity contribution is 7.13. The number of benzene rings is 2. The molecule has 3 N–H and O–H groups in total. The van der Waals surface area contributed by atoms with Gasteiger partial charge in [-0.05, 0) is 29.2 Å². The Morgan fingerprint density at radius 2 is 1.87 bits per heavy atom. The molecule has 2 unspecified atom stereocenters. The summed E-state index contributed by atoms with van der Waals surface area (Å²) in [4.78, 5) is 18.1. The second-order valence-electron chi connectivity index (χ2n) is 7.32. The van der Waals surface area contributed by atoms with Crippen molar-refractivity contribution in [1.82, 2.24) is 9.88 Å². The molecule has 2 aromatic carbocycles. The molecule has 3 aromatic rings. The lowest BCUT2D eigenvalue weighted by Gasteiger charge is -2.28. The minimum atomic E-state index is -0.712. The van der Waals surface area contributed by atoms with Gasteiger partial charge in [-0.3, -0.25) is 4.90 Å². The summed E-state index contributed by atoms with van der Waals surface area (Å²) in [6.07, 6.45) is -0.712. The molecular formula is C23H27N3O3S. The molecule has 0 fully saturated rings. The molecule has 0 aliphatic heterocycles. The van der Waals surface area contributed by atoms with E-state index in [0.717, 1.165) is 12.1 Å². The topological polar surface area (TPSA) is 88.7 Å². The van der Waals surface area contributed by atoms with E-state index in [0.29, 0.717) is 29.5 Å². The molecule has 3 rings (SSSR count). The molecule has 1 aromatic heterocycles. The van der Waals surface area contributed by atoms with Crippen molar-refractivity contribution in [2.75, 3.05) is 25.9 Å². The maximum absolute atomic E-state index is 11.7. The average molecular weight is 426 g/mol. The first-order valence-corrected chi connectivity index (χ1v) is 10.7. The first kappa shape index (κ1) is 22.0. The van der Waals surface area contributed by atoms with Crippen molar-refractivity contribution in [2.24, 2.45) is 0 Å². The summed E-state index contributed by atoms with van der Waals surface area (Å²) in [6, 6.07) is 17.7. The number of anilines is 1. The van der Waals surface area contributed by atoms with Crippen molar-refractivity contribution in [3.8, 4) is 0 Å². The van der Waals surface area contributed by atoms with Crippen LogP contribution in [0.3, 0.4) is 0 Å². The van der Waals surface area contributed by atoms with Gasteiger partial charge in [-0.2, -0.15) is 0 Å². The molecule has 30 heavy (non-hydrogen) atoms. The normalized spacial score (nSPS) is 13.2. The molecule has 7 heteroatoms. The minimum absolute atomic E-state index is 0.202. The van der Waals surface area contributed by atoms with Gasteiger partial charge in [0, 0.05) is 25.0 Å². The average Bonchev–Trinajstić information content (AvgIpc) is 3.20. The fraction of sp³-hybridized carbons (Fsp3) is 0.304. The van der Waals surface area contributed by atoms with E-state index in [1.165, 1.54) is 24.0 Å². The number of nitrogens with zero attached hydrogens (tertiary/aromatic N) is 2. The Balaban J connectivity index is 1.72. The quantitative estimate of drug-likeness (QED) is 0.506. The number of aliphatic hydroxyl groups excluding tert-OH is 1. The Morgan fingerprint density at radius 3 is 2.47 bits per heavy atom. The number of nitrogen functional groups attached to an aromatic ring is 1. The second-order valence-corrected chi connectivity index (χ2v) is 8.21. The maximum Gasteiger partial charge on any atom is 0.337 e. The number of methoxy groups -OCH3 is 1. The van der Waals surface area contributed by atoms with Gasteiger partial charge in [0.25, 0.3) is 0 Å². The van der Waals surface area contributed by atoms with Gasteiger partial charge >= 0.3 is 5.97 Å². The van der Waals surface area contributed by atoms with Gasteiger partial charge in [0.2, 0.25) is 0 Å². The highest BCUT2D eigenvalue weighted by atomic mass is 32.1. The van der Waals surface area contributed by atoms with Gasteiger partial charge in [-0.25, -0.2) is 9.78 Å². The maximum atomic E-state index is 11.7. The number of hydrogen-bond donors (Lipinski definition) is 2. The van der Waals surface area contributed by atoms with Crippen molar-refractivity contribution in [3.05, 3.63) is 82.4 Å². The summed E-state index contributed by atoms with van der Waals surface area (Å²) in [5.74, 6) is -0.140. The van der Waals surface area contributed by atoms with Gasteiger partial charge < -0.3 is 15.6 Å². The van der Waals surface area contributed by atoms with Gasteiger partial charge in [0.1, 0.15) is 6.10 Å². The Bertz CT molecular complexity index is 944. The van der Waals surface area contributed by atoms with E-state index < -0.39 is 6.10 Å². The summed E-state index contributed by atoms with van der Waals surface area (Å²) in [5.41, 5.74) is 9.15.